The van der Waals surface area contributed by atoms with Crippen LogP contribution in [0.2, 0.25) is 0 Å². The molecule has 45 heavy (non-hydrogen) atoms. The Kier molecular flexibility index (Phi) is 14.0. The zero-order valence-electron chi connectivity index (χ0n) is 26.5. The fourth-order valence-corrected chi connectivity index (χ4v) is 6.67. The number of Topliss-reactive ketones (excluding diaryl/α,β-unsaturated/α-hetero) is 2. The first-order chi connectivity index (χ1) is 21.9. The lowest BCUT2D eigenvalue weighted by Gasteiger charge is -2.25. The minimum absolute atomic E-state index is 0.0179. The Hall–Kier alpha value is -3.59. The number of hydrogen-bond acceptors (Lipinski definition) is 6. The first-order valence-electron chi connectivity index (χ1n) is 17.0. The van der Waals surface area contributed by atoms with E-state index in [2.05, 4.69) is 33.4 Å². The second-order valence-corrected chi connectivity index (χ2v) is 12.6. The van der Waals surface area contributed by atoms with Crippen molar-refractivity contribution in [1.29, 1.82) is 0 Å². The molecule has 3 amide bonds. The number of unbranched alkanes of at least 4 members (excludes halogenated alkanes) is 1. The molecular formula is C36H50N4O5. The van der Waals surface area contributed by atoms with Crippen LogP contribution in [0.25, 0.3) is 0 Å². The number of carbonyl (C=O) groups excluding carboxylic acids is 5. The fraction of sp³-hybridized carbons (Fsp3) is 0.583. The van der Waals surface area contributed by atoms with Crippen molar-refractivity contribution in [2.45, 2.75) is 102 Å². The Labute approximate surface area is 267 Å². The molecule has 2 bridgehead atoms. The summed E-state index contributed by atoms with van der Waals surface area (Å²) in [6.45, 7) is 0.0345. The van der Waals surface area contributed by atoms with Gasteiger partial charge in [-0.05, 0) is 43.3 Å². The Morgan fingerprint density at radius 2 is 1.29 bits per heavy atom. The van der Waals surface area contributed by atoms with Gasteiger partial charge in [0.2, 0.25) is 17.7 Å². The predicted molar refractivity (Wildman–Crippen MR) is 175 cm³/mol. The highest BCUT2D eigenvalue weighted by Crippen LogP contribution is 2.36. The fourth-order valence-electron chi connectivity index (χ4n) is 6.67. The van der Waals surface area contributed by atoms with Gasteiger partial charge in [-0.1, -0.05) is 93.6 Å². The summed E-state index contributed by atoms with van der Waals surface area (Å²) in [5.41, 5.74) is 2.13. The molecule has 0 aromatic heterocycles. The Balaban J connectivity index is 1.05. The van der Waals surface area contributed by atoms with E-state index in [0.29, 0.717) is 19.4 Å². The van der Waals surface area contributed by atoms with Gasteiger partial charge in [0.15, 0.2) is 5.78 Å². The lowest BCUT2D eigenvalue weighted by Crippen LogP contribution is -2.42. The predicted octanol–water partition coefficient (Wildman–Crippen LogP) is 4.07. The zero-order chi connectivity index (χ0) is 31.9. The van der Waals surface area contributed by atoms with Crippen molar-refractivity contribution < 1.29 is 24.0 Å². The largest absolute Gasteiger partial charge is 0.355 e. The number of nitrogens with one attached hydrogen (secondary N) is 4. The lowest BCUT2D eigenvalue weighted by atomic mass is 9.80. The van der Waals surface area contributed by atoms with E-state index >= 15 is 0 Å². The van der Waals surface area contributed by atoms with E-state index in [9.17, 15) is 24.0 Å². The summed E-state index contributed by atoms with van der Waals surface area (Å²) >= 11 is 0. The first kappa shape index (κ1) is 34.3. The van der Waals surface area contributed by atoms with E-state index in [1.807, 2.05) is 36.5 Å². The highest BCUT2D eigenvalue weighted by molar-refractivity contribution is 5.94. The molecule has 1 saturated carbocycles. The molecule has 0 aromatic carbocycles. The third-order valence-electron chi connectivity index (χ3n) is 9.25. The van der Waals surface area contributed by atoms with Crippen LogP contribution in [0.3, 0.4) is 0 Å². The topological polar surface area (TPSA) is 133 Å². The average Bonchev–Trinajstić information content (AvgIpc) is 3.39. The Morgan fingerprint density at radius 3 is 2.00 bits per heavy atom. The molecule has 2 fully saturated rings. The highest BCUT2D eigenvalue weighted by Gasteiger charge is 2.44. The van der Waals surface area contributed by atoms with Gasteiger partial charge in [0.1, 0.15) is 5.78 Å². The van der Waals surface area contributed by atoms with E-state index in [1.54, 1.807) is 0 Å². The van der Waals surface area contributed by atoms with Crippen LogP contribution in [-0.4, -0.2) is 61.0 Å². The summed E-state index contributed by atoms with van der Waals surface area (Å²) in [5, 5.41) is 11.4. The van der Waals surface area contributed by atoms with Gasteiger partial charge in [-0.2, -0.15) is 0 Å². The summed E-state index contributed by atoms with van der Waals surface area (Å²) in [6.07, 6.45) is 28.6. The van der Waals surface area contributed by atoms with Crippen LogP contribution in [0.4, 0.5) is 0 Å². The molecular weight excluding hydrogens is 568 g/mol. The smallest absolute Gasteiger partial charge is 0.239 e. The number of hydrogen-bond donors (Lipinski definition) is 4. The van der Waals surface area contributed by atoms with Crippen LogP contribution in [0.1, 0.15) is 89.9 Å². The quantitative estimate of drug-likeness (QED) is 0.230. The second-order valence-electron chi connectivity index (χ2n) is 12.6. The third-order valence-corrected chi connectivity index (χ3v) is 9.25. The van der Waals surface area contributed by atoms with Crippen molar-refractivity contribution in [3.8, 4) is 0 Å². The van der Waals surface area contributed by atoms with Crippen LogP contribution in [0.15, 0.2) is 59.8 Å². The molecule has 1 heterocycles. The minimum atomic E-state index is -0.456. The molecule has 3 atom stereocenters. The normalized spacial score (nSPS) is 27.2. The van der Waals surface area contributed by atoms with Crippen molar-refractivity contribution in [3.63, 3.8) is 0 Å². The number of carbonyl (C=O) groups is 5. The van der Waals surface area contributed by atoms with Gasteiger partial charge < -0.3 is 16.0 Å². The van der Waals surface area contributed by atoms with E-state index in [1.165, 1.54) is 32.1 Å². The molecule has 9 nitrogen and oxygen atoms in total. The van der Waals surface area contributed by atoms with Crippen LogP contribution in [0.5, 0.6) is 0 Å². The number of allylic oxidation sites excluding steroid dienone is 7. The molecule has 0 spiro atoms. The van der Waals surface area contributed by atoms with E-state index < -0.39 is 5.91 Å². The second kappa shape index (κ2) is 18.4. The van der Waals surface area contributed by atoms with Gasteiger partial charge in [-0.3, -0.25) is 29.3 Å². The van der Waals surface area contributed by atoms with E-state index in [0.717, 1.165) is 43.3 Å². The molecule has 0 radical (unpaired) electrons. The van der Waals surface area contributed by atoms with Gasteiger partial charge in [0.25, 0.3) is 0 Å². The summed E-state index contributed by atoms with van der Waals surface area (Å²) < 4.78 is 0. The number of ketones is 2. The van der Waals surface area contributed by atoms with Gasteiger partial charge in [-0.15, -0.1) is 0 Å². The maximum atomic E-state index is 13.2. The van der Waals surface area contributed by atoms with Crippen molar-refractivity contribution >= 4 is 29.3 Å². The standard InChI is InChI=1S/C36H50N4O5/c41-30(26-14-8-4-2-1-3-5-9-15-26)21-22-31(42)38-25-33(44)39-24-32(43)37-23-13-12-18-29-36(45)34-27-16-10-6-7-11-17-28(20-19-27)35(34)40-29/h6-7,10-11,16-17,19-20,26,29,34-35,40H,1-5,8-9,12-15,18,21-25H2,(H,37,43)(H,38,42)(H,39,44)/b7-6?,10-6-,11-7-,16-10?,17-11?,27-16+,28-17+. The van der Waals surface area contributed by atoms with Crippen LogP contribution in [0, 0.1) is 11.8 Å². The van der Waals surface area contributed by atoms with E-state index in [4.69, 9.17) is 0 Å². The Morgan fingerprint density at radius 1 is 0.689 bits per heavy atom. The van der Waals surface area contributed by atoms with Crippen molar-refractivity contribution in [2.75, 3.05) is 19.6 Å². The zero-order valence-corrected chi connectivity index (χ0v) is 26.5. The molecule has 4 rings (SSSR count). The number of amides is 3. The molecule has 0 aromatic rings. The van der Waals surface area contributed by atoms with Crippen molar-refractivity contribution in [2.24, 2.45) is 11.8 Å². The van der Waals surface area contributed by atoms with Crippen molar-refractivity contribution in [3.05, 3.63) is 59.8 Å². The maximum Gasteiger partial charge on any atom is 0.239 e. The monoisotopic (exact) mass is 618 g/mol. The molecule has 3 aliphatic carbocycles. The molecule has 3 unspecified atom stereocenters. The molecule has 1 saturated heterocycles. The maximum absolute atomic E-state index is 13.2. The highest BCUT2D eigenvalue weighted by atomic mass is 16.2. The van der Waals surface area contributed by atoms with Crippen LogP contribution in [-0.2, 0) is 24.0 Å². The van der Waals surface area contributed by atoms with E-state index in [-0.39, 0.29) is 73.2 Å². The lowest BCUT2D eigenvalue weighted by molar-refractivity contribution is -0.129. The third kappa shape index (κ3) is 11.1. The molecule has 4 N–H and O–H groups in total. The minimum Gasteiger partial charge on any atom is -0.355 e. The van der Waals surface area contributed by atoms with Crippen LogP contribution >= 0.6 is 0 Å². The summed E-state index contributed by atoms with van der Waals surface area (Å²) in [4.78, 5) is 62.4. The summed E-state index contributed by atoms with van der Waals surface area (Å²) in [6, 6.07) is -0.241. The van der Waals surface area contributed by atoms with Gasteiger partial charge >= 0.3 is 0 Å². The van der Waals surface area contributed by atoms with Gasteiger partial charge in [0, 0.05) is 31.3 Å². The molecule has 244 valence electrons. The SMILES string of the molecule is O=C(CCC(=O)C1CCCCCCCCC1)NCC(=O)NCC(=O)NCCCCC1NC2/C3=C/C=C\C=C/C=C(C=C3)/C2C1=O. The number of rotatable bonds is 13. The van der Waals surface area contributed by atoms with Gasteiger partial charge in [0.05, 0.1) is 25.0 Å². The summed E-state index contributed by atoms with van der Waals surface area (Å²) in [5.74, 6) is -0.862. The van der Waals surface area contributed by atoms with Crippen LogP contribution < -0.4 is 21.3 Å². The molecule has 4 aliphatic rings. The van der Waals surface area contributed by atoms with Gasteiger partial charge in [-0.25, -0.2) is 0 Å². The Bertz CT molecular complexity index is 1220. The average molecular weight is 619 g/mol. The molecule has 1 aliphatic heterocycles. The molecule has 9 heteroatoms. The summed E-state index contributed by atoms with van der Waals surface area (Å²) in [7, 11) is 0. The first-order valence-corrected chi connectivity index (χ1v) is 17.0. The van der Waals surface area contributed by atoms with Crippen molar-refractivity contribution in [1.82, 2.24) is 21.3 Å².